The molecule has 3 rings (SSSR count). The normalized spacial score (nSPS) is 31.8. The van der Waals surface area contributed by atoms with Gasteiger partial charge >= 0.3 is 0 Å². The summed E-state index contributed by atoms with van der Waals surface area (Å²) in [6.07, 6.45) is 4.85. The zero-order valence-electron chi connectivity index (χ0n) is 10.1. The van der Waals surface area contributed by atoms with Gasteiger partial charge in [0.2, 0.25) is 0 Å². The van der Waals surface area contributed by atoms with Gasteiger partial charge in [-0.15, -0.1) is 11.6 Å². The number of hydrogen-bond donors (Lipinski definition) is 0. The molecule has 2 aliphatic rings. The number of piperidine rings is 1. The Morgan fingerprint density at radius 2 is 1.89 bits per heavy atom. The van der Waals surface area contributed by atoms with E-state index in [1.54, 1.807) is 0 Å². The van der Waals surface area contributed by atoms with Crippen LogP contribution in [-0.4, -0.2) is 22.4 Å². The van der Waals surface area contributed by atoms with Crippen LogP contribution in [0.15, 0.2) is 22.7 Å². The Morgan fingerprint density at radius 1 is 1.22 bits per heavy atom. The molecule has 2 unspecified atom stereocenters. The number of benzene rings is 1. The van der Waals surface area contributed by atoms with E-state index in [0.717, 1.165) is 28.9 Å². The Morgan fingerprint density at radius 3 is 2.50 bits per heavy atom. The number of fused-ring (bicyclic) bond motifs is 2. The molecule has 2 aliphatic heterocycles. The van der Waals surface area contributed by atoms with E-state index in [-0.39, 0.29) is 0 Å². The lowest BCUT2D eigenvalue weighted by Crippen LogP contribution is -2.42. The first-order chi connectivity index (χ1) is 8.63. The van der Waals surface area contributed by atoms with Crippen molar-refractivity contribution in [1.82, 2.24) is 4.90 Å². The third-order valence-electron chi connectivity index (χ3n) is 4.19. The molecule has 1 aromatic carbocycles. The zero-order chi connectivity index (χ0) is 12.7. The summed E-state index contributed by atoms with van der Waals surface area (Å²) in [5, 5.41) is 1.23. The van der Waals surface area contributed by atoms with Crippen molar-refractivity contribution in [3.8, 4) is 0 Å². The molecule has 1 nitrogen and oxygen atoms in total. The van der Waals surface area contributed by atoms with Crippen LogP contribution in [0.1, 0.15) is 31.2 Å². The lowest BCUT2D eigenvalue weighted by Gasteiger charge is -2.37. The van der Waals surface area contributed by atoms with Crippen LogP contribution >= 0.6 is 39.1 Å². The van der Waals surface area contributed by atoms with Gasteiger partial charge in [0.05, 0.1) is 0 Å². The molecule has 0 amide bonds. The van der Waals surface area contributed by atoms with Crippen LogP contribution in [0.3, 0.4) is 0 Å². The second-order valence-electron chi connectivity index (χ2n) is 5.36. The maximum Gasteiger partial charge on any atom is 0.0462 e. The molecule has 2 bridgehead atoms. The van der Waals surface area contributed by atoms with Crippen molar-refractivity contribution in [2.45, 2.75) is 49.7 Å². The molecule has 2 saturated heterocycles. The van der Waals surface area contributed by atoms with Gasteiger partial charge in [-0.25, -0.2) is 0 Å². The molecular formula is C14H16BrCl2N. The van der Waals surface area contributed by atoms with E-state index in [1.807, 2.05) is 6.07 Å². The quantitative estimate of drug-likeness (QED) is 0.691. The molecule has 1 aromatic rings. The molecule has 18 heavy (non-hydrogen) atoms. The Bertz CT molecular complexity index is 437. The average Bonchev–Trinajstić information content (AvgIpc) is 2.56. The highest BCUT2D eigenvalue weighted by Gasteiger charge is 2.39. The predicted molar refractivity (Wildman–Crippen MR) is 80.4 cm³/mol. The van der Waals surface area contributed by atoms with Crippen molar-refractivity contribution < 1.29 is 0 Å². The highest BCUT2D eigenvalue weighted by Crippen LogP contribution is 2.39. The van der Waals surface area contributed by atoms with Gasteiger partial charge in [0.1, 0.15) is 0 Å². The Balaban J connectivity index is 1.77. The van der Waals surface area contributed by atoms with Crippen LogP contribution in [0.25, 0.3) is 0 Å². The summed E-state index contributed by atoms with van der Waals surface area (Å²) >= 11 is 16.1. The lowest BCUT2D eigenvalue weighted by atomic mass is 10.0. The standard InChI is InChI=1S/C14H16BrCl2N/c15-10-2-1-9(14(17)5-10)8-18-12-3-4-13(18)7-11(16)6-12/h1-2,5,11-13H,3-4,6-8H2. The van der Waals surface area contributed by atoms with Crippen LogP contribution in [0.4, 0.5) is 0 Å². The first kappa shape index (κ1) is 13.2. The molecule has 4 heteroatoms. The summed E-state index contributed by atoms with van der Waals surface area (Å²) in [5.74, 6) is 0. The van der Waals surface area contributed by atoms with Crippen LogP contribution in [0.5, 0.6) is 0 Å². The van der Waals surface area contributed by atoms with Gasteiger partial charge in [-0.2, -0.15) is 0 Å². The monoisotopic (exact) mass is 347 g/mol. The molecule has 2 atom stereocenters. The van der Waals surface area contributed by atoms with E-state index in [2.05, 4.69) is 33.0 Å². The molecule has 0 radical (unpaired) electrons. The fraction of sp³-hybridized carbons (Fsp3) is 0.571. The Labute approximate surface area is 127 Å². The molecule has 0 aromatic heterocycles. The van der Waals surface area contributed by atoms with Crippen molar-refractivity contribution >= 4 is 39.1 Å². The van der Waals surface area contributed by atoms with E-state index in [0.29, 0.717) is 17.5 Å². The Kier molecular flexibility index (Phi) is 3.91. The van der Waals surface area contributed by atoms with Gasteiger partial charge < -0.3 is 0 Å². The molecule has 98 valence electrons. The molecule has 2 heterocycles. The smallest absolute Gasteiger partial charge is 0.0462 e. The van der Waals surface area contributed by atoms with Gasteiger partial charge in [0, 0.05) is 33.5 Å². The van der Waals surface area contributed by atoms with Gasteiger partial charge in [-0.1, -0.05) is 33.6 Å². The molecular weight excluding hydrogens is 333 g/mol. The van der Waals surface area contributed by atoms with E-state index in [9.17, 15) is 0 Å². The SMILES string of the molecule is Clc1cc(Br)ccc1CN1C2CCC1CC(Cl)C2. The van der Waals surface area contributed by atoms with Crippen LogP contribution in [0, 0.1) is 0 Å². The van der Waals surface area contributed by atoms with Crippen LogP contribution < -0.4 is 0 Å². The summed E-state index contributed by atoms with van der Waals surface area (Å²) < 4.78 is 1.04. The first-order valence-corrected chi connectivity index (χ1v) is 8.08. The van der Waals surface area contributed by atoms with E-state index in [1.165, 1.54) is 18.4 Å². The lowest BCUT2D eigenvalue weighted by molar-refractivity contribution is 0.134. The topological polar surface area (TPSA) is 3.24 Å². The van der Waals surface area contributed by atoms with Crippen molar-refractivity contribution in [2.75, 3.05) is 0 Å². The fourth-order valence-electron chi connectivity index (χ4n) is 3.31. The van der Waals surface area contributed by atoms with Gasteiger partial charge in [0.25, 0.3) is 0 Å². The summed E-state index contributed by atoms with van der Waals surface area (Å²) in [6, 6.07) is 7.49. The molecule has 0 spiro atoms. The van der Waals surface area contributed by atoms with Gasteiger partial charge in [-0.3, -0.25) is 4.90 Å². The maximum absolute atomic E-state index is 6.31. The highest BCUT2D eigenvalue weighted by atomic mass is 79.9. The molecule has 2 fully saturated rings. The predicted octanol–water partition coefficient (Wildman–Crippen LogP) is 4.84. The van der Waals surface area contributed by atoms with Crippen molar-refractivity contribution in [1.29, 1.82) is 0 Å². The van der Waals surface area contributed by atoms with E-state index < -0.39 is 0 Å². The molecule has 0 N–H and O–H groups in total. The molecule has 0 aliphatic carbocycles. The van der Waals surface area contributed by atoms with Crippen molar-refractivity contribution in [3.63, 3.8) is 0 Å². The number of rotatable bonds is 2. The van der Waals surface area contributed by atoms with Crippen molar-refractivity contribution in [2.24, 2.45) is 0 Å². The maximum atomic E-state index is 6.31. The number of halogens is 3. The minimum absolute atomic E-state index is 0.374. The number of nitrogens with zero attached hydrogens (tertiary/aromatic N) is 1. The van der Waals surface area contributed by atoms with Crippen LogP contribution in [0.2, 0.25) is 5.02 Å². The van der Waals surface area contributed by atoms with E-state index >= 15 is 0 Å². The molecule has 0 saturated carbocycles. The largest absolute Gasteiger partial charge is 0.293 e. The van der Waals surface area contributed by atoms with E-state index in [4.69, 9.17) is 23.2 Å². The Hall–Kier alpha value is 0.240. The zero-order valence-corrected chi connectivity index (χ0v) is 13.2. The minimum atomic E-state index is 0.374. The average molecular weight is 349 g/mol. The van der Waals surface area contributed by atoms with Crippen LogP contribution in [-0.2, 0) is 6.54 Å². The minimum Gasteiger partial charge on any atom is -0.293 e. The number of hydrogen-bond acceptors (Lipinski definition) is 1. The fourth-order valence-corrected chi connectivity index (χ4v) is 4.46. The van der Waals surface area contributed by atoms with Crippen molar-refractivity contribution in [3.05, 3.63) is 33.3 Å². The summed E-state index contributed by atoms with van der Waals surface area (Å²) in [5.41, 5.74) is 1.23. The highest BCUT2D eigenvalue weighted by molar-refractivity contribution is 9.10. The summed E-state index contributed by atoms with van der Waals surface area (Å²) in [7, 11) is 0. The first-order valence-electron chi connectivity index (χ1n) is 6.47. The third-order valence-corrected chi connectivity index (χ3v) is 5.40. The summed E-state index contributed by atoms with van der Waals surface area (Å²) in [6.45, 7) is 0.963. The second kappa shape index (κ2) is 5.32. The summed E-state index contributed by atoms with van der Waals surface area (Å²) in [4.78, 5) is 2.61. The third kappa shape index (κ3) is 2.58. The van der Waals surface area contributed by atoms with Gasteiger partial charge in [0.15, 0.2) is 0 Å². The second-order valence-corrected chi connectivity index (χ2v) is 7.30. The number of alkyl halides is 1. The van der Waals surface area contributed by atoms with Gasteiger partial charge in [-0.05, 0) is 43.4 Å².